The minimum absolute atomic E-state index is 0.00224. The van der Waals surface area contributed by atoms with E-state index in [9.17, 15) is 18.0 Å². The van der Waals surface area contributed by atoms with Crippen LogP contribution in [0.3, 0.4) is 0 Å². The number of hydrogen-bond donors (Lipinski definition) is 1. The first-order valence-corrected chi connectivity index (χ1v) is 11.1. The lowest BCUT2D eigenvalue weighted by Crippen LogP contribution is -2.45. The smallest absolute Gasteiger partial charge is 0.224 e. The number of nitrogens with one attached hydrogen (secondary N) is 1. The number of halogens is 3. The van der Waals surface area contributed by atoms with Gasteiger partial charge in [-0.25, -0.2) is 13.2 Å². The van der Waals surface area contributed by atoms with Gasteiger partial charge in [0.15, 0.2) is 0 Å². The molecular weight excluding hydrogens is 425 g/mol. The Labute approximate surface area is 192 Å². The van der Waals surface area contributed by atoms with Crippen LogP contribution in [0.5, 0.6) is 0 Å². The molecular formula is C27H27F3N2O. The SMILES string of the molecule is Cc1cccc(CNC(=O)[C@H]2C[C@H](c3ccc(F)cc3)CN(Cc3ccc(F)cc3F)C2)c1. The Morgan fingerprint density at radius 1 is 0.970 bits per heavy atom. The summed E-state index contributed by atoms with van der Waals surface area (Å²) < 4.78 is 41.0. The van der Waals surface area contributed by atoms with E-state index in [1.165, 1.54) is 24.3 Å². The number of aryl methyl sites for hydroxylation is 1. The van der Waals surface area contributed by atoms with Crippen molar-refractivity contribution in [3.63, 3.8) is 0 Å². The standard InChI is InChI=1S/C27H27F3N2O/c1-18-3-2-4-19(11-18)14-31-27(33)23-12-22(20-5-8-24(28)9-6-20)16-32(17-23)15-21-7-10-25(29)13-26(21)30/h2-11,13,22-23H,12,14-17H2,1H3,(H,31,33)/t22-,23-/m0/s1. The zero-order chi connectivity index (χ0) is 23.4. The lowest BCUT2D eigenvalue weighted by atomic mass is 9.83. The summed E-state index contributed by atoms with van der Waals surface area (Å²) in [6.07, 6.45) is 0.619. The van der Waals surface area contributed by atoms with E-state index in [0.29, 0.717) is 31.6 Å². The van der Waals surface area contributed by atoms with Gasteiger partial charge in [-0.15, -0.1) is 0 Å². The summed E-state index contributed by atoms with van der Waals surface area (Å²) in [6.45, 7) is 3.78. The Balaban J connectivity index is 1.50. The number of carbonyl (C=O) groups is 1. The topological polar surface area (TPSA) is 32.3 Å². The van der Waals surface area contributed by atoms with Gasteiger partial charge in [-0.1, -0.05) is 48.0 Å². The van der Waals surface area contributed by atoms with Gasteiger partial charge in [0, 0.05) is 37.8 Å². The van der Waals surface area contributed by atoms with Gasteiger partial charge in [0.25, 0.3) is 0 Å². The van der Waals surface area contributed by atoms with E-state index < -0.39 is 11.6 Å². The maximum absolute atomic E-state index is 14.3. The van der Waals surface area contributed by atoms with Crippen LogP contribution in [0.4, 0.5) is 13.2 Å². The molecule has 2 atom stereocenters. The van der Waals surface area contributed by atoms with Crippen LogP contribution in [0.15, 0.2) is 66.7 Å². The molecule has 0 spiro atoms. The third-order valence-electron chi connectivity index (χ3n) is 6.20. The highest BCUT2D eigenvalue weighted by Gasteiger charge is 2.32. The minimum Gasteiger partial charge on any atom is -0.352 e. The molecule has 0 radical (unpaired) electrons. The van der Waals surface area contributed by atoms with Crippen molar-refractivity contribution in [1.82, 2.24) is 10.2 Å². The summed E-state index contributed by atoms with van der Waals surface area (Å²) in [5, 5.41) is 3.03. The number of piperidine rings is 1. The van der Waals surface area contributed by atoms with Crippen molar-refractivity contribution in [3.05, 3.63) is 106 Å². The van der Waals surface area contributed by atoms with Crippen LogP contribution in [0.1, 0.15) is 34.6 Å². The van der Waals surface area contributed by atoms with Crippen molar-refractivity contribution in [2.75, 3.05) is 13.1 Å². The molecule has 3 nitrogen and oxygen atoms in total. The Hall–Kier alpha value is -3.12. The number of likely N-dealkylation sites (tertiary alicyclic amines) is 1. The summed E-state index contributed by atoms with van der Waals surface area (Å²) in [6, 6.07) is 17.8. The first-order chi connectivity index (χ1) is 15.9. The molecule has 1 N–H and O–H groups in total. The number of nitrogens with zero attached hydrogens (tertiary/aromatic N) is 1. The fourth-order valence-corrected chi connectivity index (χ4v) is 4.53. The van der Waals surface area contributed by atoms with Gasteiger partial charge < -0.3 is 5.32 Å². The van der Waals surface area contributed by atoms with E-state index in [0.717, 1.165) is 22.8 Å². The molecule has 1 amide bonds. The molecule has 3 aromatic rings. The van der Waals surface area contributed by atoms with Crippen molar-refractivity contribution >= 4 is 5.91 Å². The van der Waals surface area contributed by atoms with Crippen LogP contribution >= 0.6 is 0 Å². The molecule has 1 aliphatic rings. The molecule has 0 unspecified atom stereocenters. The third kappa shape index (κ3) is 6.02. The minimum atomic E-state index is -0.618. The first-order valence-electron chi connectivity index (χ1n) is 11.1. The van der Waals surface area contributed by atoms with Crippen LogP contribution in [-0.4, -0.2) is 23.9 Å². The quantitative estimate of drug-likeness (QED) is 0.548. The Kier molecular flexibility index (Phi) is 7.14. The predicted octanol–water partition coefficient (Wildman–Crippen LogP) is 5.33. The molecule has 6 heteroatoms. The maximum Gasteiger partial charge on any atom is 0.224 e. The average molecular weight is 453 g/mol. The Bertz CT molecular complexity index is 1120. The van der Waals surface area contributed by atoms with Crippen molar-refractivity contribution < 1.29 is 18.0 Å². The second kappa shape index (κ2) is 10.2. The second-order valence-corrected chi connectivity index (χ2v) is 8.82. The summed E-state index contributed by atoms with van der Waals surface area (Å²) in [4.78, 5) is 15.1. The van der Waals surface area contributed by atoms with Crippen LogP contribution in [0.2, 0.25) is 0 Å². The van der Waals surface area contributed by atoms with Crippen LogP contribution in [0, 0.1) is 30.3 Å². The van der Waals surface area contributed by atoms with Crippen LogP contribution in [-0.2, 0) is 17.9 Å². The monoisotopic (exact) mass is 452 g/mol. The van der Waals surface area contributed by atoms with Crippen LogP contribution < -0.4 is 5.32 Å². The lowest BCUT2D eigenvalue weighted by molar-refractivity contribution is -0.127. The lowest BCUT2D eigenvalue weighted by Gasteiger charge is -2.37. The average Bonchev–Trinajstić information content (AvgIpc) is 2.80. The normalized spacial score (nSPS) is 18.8. The summed E-state index contributed by atoms with van der Waals surface area (Å²) in [5.74, 6) is -1.90. The molecule has 0 saturated carbocycles. The molecule has 1 heterocycles. The van der Waals surface area contributed by atoms with E-state index in [2.05, 4.69) is 5.32 Å². The predicted molar refractivity (Wildman–Crippen MR) is 122 cm³/mol. The number of amides is 1. The number of benzene rings is 3. The zero-order valence-corrected chi connectivity index (χ0v) is 18.5. The number of rotatable bonds is 6. The van der Waals surface area contributed by atoms with Crippen molar-refractivity contribution in [1.29, 1.82) is 0 Å². The fraction of sp³-hybridized carbons (Fsp3) is 0.296. The van der Waals surface area contributed by atoms with E-state index >= 15 is 0 Å². The second-order valence-electron chi connectivity index (χ2n) is 8.82. The van der Waals surface area contributed by atoms with Gasteiger partial charge in [0.2, 0.25) is 5.91 Å². The van der Waals surface area contributed by atoms with E-state index in [-0.39, 0.29) is 30.1 Å². The van der Waals surface area contributed by atoms with Gasteiger partial charge in [-0.2, -0.15) is 0 Å². The highest BCUT2D eigenvalue weighted by Crippen LogP contribution is 2.32. The third-order valence-corrected chi connectivity index (χ3v) is 6.20. The number of carbonyl (C=O) groups excluding carboxylic acids is 1. The maximum atomic E-state index is 14.3. The molecule has 0 aromatic heterocycles. The van der Waals surface area contributed by atoms with Crippen LogP contribution in [0.25, 0.3) is 0 Å². The Morgan fingerprint density at radius 2 is 1.73 bits per heavy atom. The first kappa shape index (κ1) is 23.1. The molecule has 33 heavy (non-hydrogen) atoms. The largest absolute Gasteiger partial charge is 0.352 e. The van der Waals surface area contributed by atoms with Gasteiger partial charge in [0.1, 0.15) is 17.5 Å². The Morgan fingerprint density at radius 3 is 2.45 bits per heavy atom. The summed E-state index contributed by atoms with van der Waals surface area (Å²) in [5.41, 5.74) is 3.48. The van der Waals surface area contributed by atoms with Gasteiger partial charge >= 0.3 is 0 Å². The van der Waals surface area contributed by atoms with E-state index in [4.69, 9.17) is 0 Å². The molecule has 3 aromatic carbocycles. The van der Waals surface area contributed by atoms with Crippen molar-refractivity contribution in [2.24, 2.45) is 5.92 Å². The molecule has 0 bridgehead atoms. The zero-order valence-electron chi connectivity index (χ0n) is 18.5. The molecule has 172 valence electrons. The van der Waals surface area contributed by atoms with Gasteiger partial charge in [-0.05, 0) is 48.6 Å². The molecule has 1 aliphatic heterocycles. The van der Waals surface area contributed by atoms with Crippen molar-refractivity contribution in [3.8, 4) is 0 Å². The van der Waals surface area contributed by atoms with E-state index in [1.807, 2.05) is 36.1 Å². The van der Waals surface area contributed by atoms with Crippen molar-refractivity contribution in [2.45, 2.75) is 32.4 Å². The molecule has 1 fully saturated rings. The number of hydrogen-bond acceptors (Lipinski definition) is 2. The fourth-order valence-electron chi connectivity index (χ4n) is 4.53. The molecule has 1 saturated heterocycles. The molecule has 4 rings (SSSR count). The highest BCUT2D eigenvalue weighted by molar-refractivity contribution is 5.79. The highest BCUT2D eigenvalue weighted by atomic mass is 19.1. The van der Waals surface area contributed by atoms with Gasteiger partial charge in [0.05, 0.1) is 5.92 Å². The van der Waals surface area contributed by atoms with E-state index in [1.54, 1.807) is 12.1 Å². The summed E-state index contributed by atoms with van der Waals surface area (Å²) >= 11 is 0. The molecule has 0 aliphatic carbocycles. The van der Waals surface area contributed by atoms with Gasteiger partial charge in [-0.3, -0.25) is 9.69 Å². The summed E-state index contributed by atoms with van der Waals surface area (Å²) in [7, 11) is 0.